The minimum atomic E-state index is 0.690. The van der Waals surface area contributed by atoms with E-state index in [4.69, 9.17) is 0 Å². The molecule has 0 aromatic carbocycles. The van der Waals surface area contributed by atoms with Crippen LogP contribution in [-0.2, 0) is 0 Å². The monoisotopic (exact) mass is 259 g/mol. The molecule has 1 rings (SSSR count). The summed E-state index contributed by atoms with van der Waals surface area (Å²) in [6, 6.07) is 0.690. The average molecular weight is 259 g/mol. The van der Waals surface area contributed by atoms with Crippen molar-refractivity contribution in [3.8, 4) is 0 Å². The molecule has 5 heteroatoms. The fourth-order valence-electron chi connectivity index (χ4n) is 1.51. The number of nitrogens with one attached hydrogen (secondary N) is 1. The molecule has 1 N–H and O–H groups in total. The molecule has 16 heavy (non-hydrogen) atoms. The fourth-order valence-corrected chi connectivity index (χ4v) is 2.99. The van der Waals surface area contributed by atoms with E-state index in [9.17, 15) is 0 Å². The maximum atomic E-state index is 4.16. The number of rotatable bonds is 9. The second-order valence-corrected chi connectivity index (χ2v) is 5.88. The third kappa shape index (κ3) is 5.82. The van der Waals surface area contributed by atoms with E-state index in [2.05, 4.69) is 28.5 Å². The Balaban J connectivity index is 2.04. The third-order valence-corrected chi connectivity index (χ3v) is 4.32. The first-order valence-corrected chi connectivity index (χ1v) is 7.75. The van der Waals surface area contributed by atoms with Crippen LogP contribution in [0.15, 0.2) is 10.7 Å². The van der Waals surface area contributed by atoms with Crippen LogP contribution in [0.1, 0.15) is 39.5 Å². The van der Waals surface area contributed by atoms with E-state index in [1.165, 1.54) is 37.2 Å². The molecule has 0 aliphatic heterocycles. The van der Waals surface area contributed by atoms with Crippen LogP contribution < -0.4 is 5.32 Å². The van der Waals surface area contributed by atoms with E-state index in [0.717, 1.165) is 16.6 Å². The molecule has 92 valence electrons. The second-order valence-electron chi connectivity index (χ2n) is 3.76. The molecule has 0 aliphatic carbocycles. The van der Waals surface area contributed by atoms with Gasteiger partial charge in [0.2, 0.25) is 0 Å². The van der Waals surface area contributed by atoms with Gasteiger partial charge in [0.05, 0.1) is 0 Å². The SMILES string of the molecule is CCCNC(CC)CCCSc1ncns1. The van der Waals surface area contributed by atoms with Gasteiger partial charge < -0.3 is 5.32 Å². The highest BCUT2D eigenvalue weighted by Gasteiger charge is 2.04. The summed E-state index contributed by atoms with van der Waals surface area (Å²) in [5, 5.41) is 3.58. The number of aromatic nitrogens is 2. The zero-order chi connectivity index (χ0) is 11.6. The predicted molar refractivity (Wildman–Crippen MR) is 72.2 cm³/mol. The lowest BCUT2D eigenvalue weighted by molar-refractivity contribution is 0.465. The third-order valence-electron chi connectivity index (χ3n) is 2.44. The summed E-state index contributed by atoms with van der Waals surface area (Å²) in [4.78, 5) is 4.16. The molecule has 1 atom stereocenters. The summed E-state index contributed by atoms with van der Waals surface area (Å²) in [5.74, 6) is 1.15. The molecule has 0 spiro atoms. The fraction of sp³-hybridized carbons (Fsp3) is 0.818. The van der Waals surface area contributed by atoms with Crippen molar-refractivity contribution in [3.05, 3.63) is 6.33 Å². The molecule has 0 fully saturated rings. The molecule has 1 aromatic heterocycles. The predicted octanol–water partition coefficient (Wildman–Crippen LogP) is 3.19. The Kier molecular flexibility index (Phi) is 7.80. The van der Waals surface area contributed by atoms with Crippen molar-refractivity contribution >= 4 is 23.3 Å². The van der Waals surface area contributed by atoms with Crippen LogP contribution in [0.2, 0.25) is 0 Å². The van der Waals surface area contributed by atoms with Gasteiger partial charge in [-0.3, -0.25) is 0 Å². The first-order valence-electron chi connectivity index (χ1n) is 5.99. The summed E-state index contributed by atoms with van der Waals surface area (Å²) in [6.07, 6.45) is 6.59. The summed E-state index contributed by atoms with van der Waals surface area (Å²) >= 11 is 3.31. The summed E-state index contributed by atoms with van der Waals surface area (Å²) in [5.41, 5.74) is 0. The molecule has 0 saturated heterocycles. The Morgan fingerprint density at radius 2 is 2.38 bits per heavy atom. The first-order chi connectivity index (χ1) is 7.86. The van der Waals surface area contributed by atoms with Crippen molar-refractivity contribution in [2.45, 2.75) is 49.9 Å². The van der Waals surface area contributed by atoms with Crippen molar-refractivity contribution in [2.24, 2.45) is 0 Å². The molecule has 1 heterocycles. The van der Waals surface area contributed by atoms with Crippen LogP contribution in [0.4, 0.5) is 0 Å². The zero-order valence-electron chi connectivity index (χ0n) is 10.1. The average Bonchev–Trinajstić information content (AvgIpc) is 2.81. The van der Waals surface area contributed by atoms with Crippen LogP contribution in [0.5, 0.6) is 0 Å². The van der Waals surface area contributed by atoms with Gasteiger partial charge in [-0.2, -0.15) is 4.37 Å². The van der Waals surface area contributed by atoms with Crippen LogP contribution in [0.25, 0.3) is 0 Å². The van der Waals surface area contributed by atoms with Crippen molar-refractivity contribution < 1.29 is 0 Å². The molecule has 1 aromatic rings. The van der Waals surface area contributed by atoms with Crippen LogP contribution >= 0.6 is 23.3 Å². The number of hydrogen-bond acceptors (Lipinski definition) is 5. The van der Waals surface area contributed by atoms with Crippen LogP contribution in [-0.4, -0.2) is 27.7 Å². The lowest BCUT2D eigenvalue weighted by Crippen LogP contribution is -2.29. The largest absolute Gasteiger partial charge is 0.314 e. The van der Waals surface area contributed by atoms with Gasteiger partial charge in [-0.1, -0.05) is 25.6 Å². The van der Waals surface area contributed by atoms with Crippen LogP contribution in [0, 0.1) is 0 Å². The van der Waals surface area contributed by atoms with E-state index in [1.54, 1.807) is 6.33 Å². The van der Waals surface area contributed by atoms with E-state index < -0.39 is 0 Å². The maximum absolute atomic E-state index is 4.16. The molecule has 0 saturated carbocycles. The molecule has 1 unspecified atom stereocenters. The van der Waals surface area contributed by atoms with E-state index in [1.807, 2.05) is 11.8 Å². The van der Waals surface area contributed by atoms with Gasteiger partial charge in [-0.15, -0.1) is 0 Å². The van der Waals surface area contributed by atoms with Gasteiger partial charge in [0.15, 0.2) is 4.34 Å². The van der Waals surface area contributed by atoms with E-state index in [-0.39, 0.29) is 0 Å². The van der Waals surface area contributed by atoms with Gasteiger partial charge in [0, 0.05) is 11.8 Å². The van der Waals surface area contributed by atoms with E-state index in [0.29, 0.717) is 6.04 Å². The molecular formula is C11H21N3S2. The lowest BCUT2D eigenvalue weighted by Gasteiger charge is -2.15. The van der Waals surface area contributed by atoms with Crippen molar-refractivity contribution in [1.29, 1.82) is 0 Å². The standard InChI is InChI=1S/C11H21N3S2/c1-3-7-12-10(4-2)6-5-8-15-11-13-9-14-16-11/h9-10,12H,3-8H2,1-2H3. The summed E-state index contributed by atoms with van der Waals surface area (Å²) in [6.45, 7) is 5.61. The minimum absolute atomic E-state index is 0.690. The molecular weight excluding hydrogens is 238 g/mol. The highest BCUT2D eigenvalue weighted by molar-refractivity contribution is 8.00. The van der Waals surface area contributed by atoms with Gasteiger partial charge in [-0.25, -0.2) is 4.98 Å². The topological polar surface area (TPSA) is 37.8 Å². The zero-order valence-corrected chi connectivity index (χ0v) is 11.7. The van der Waals surface area contributed by atoms with Gasteiger partial charge in [-0.05, 0) is 43.8 Å². The summed E-state index contributed by atoms with van der Waals surface area (Å²) < 4.78 is 5.08. The lowest BCUT2D eigenvalue weighted by atomic mass is 10.1. The maximum Gasteiger partial charge on any atom is 0.169 e. The van der Waals surface area contributed by atoms with E-state index >= 15 is 0 Å². The first kappa shape index (κ1) is 13.9. The summed E-state index contributed by atoms with van der Waals surface area (Å²) in [7, 11) is 0. The molecule has 0 aliphatic rings. The smallest absolute Gasteiger partial charge is 0.169 e. The minimum Gasteiger partial charge on any atom is -0.314 e. The Bertz CT molecular complexity index is 252. The van der Waals surface area contributed by atoms with Gasteiger partial charge in [0.25, 0.3) is 0 Å². The van der Waals surface area contributed by atoms with Crippen molar-refractivity contribution in [3.63, 3.8) is 0 Å². The number of thioether (sulfide) groups is 1. The second kappa shape index (κ2) is 8.96. The normalized spacial score (nSPS) is 12.9. The molecule has 0 bridgehead atoms. The van der Waals surface area contributed by atoms with Gasteiger partial charge in [0.1, 0.15) is 6.33 Å². The van der Waals surface area contributed by atoms with Gasteiger partial charge >= 0.3 is 0 Å². The number of nitrogens with zero attached hydrogens (tertiary/aromatic N) is 2. The Labute approximate surface area is 107 Å². The van der Waals surface area contributed by atoms with Crippen LogP contribution in [0.3, 0.4) is 0 Å². The highest BCUT2D eigenvalue weighted by atomic mass is 32.2. The Hall–Kier alpha value is -0.130. The Morgan fingerprint density at radius 3 is 3.00 bits per heavy atom. The highest BCUT2D eigenvalue weighted by Crippen LogP contribution is 2.20. The molecule has 0 amide bonds. The number of hydrogen-bond donors (Lipinski definition) is 1. The molecule has 0 radical (unpaired) electrons. The quantitative estimate of drug-likeness (QED) is 0.546. The van der Waals surface area contributed by atoms with Crippen molar-refractivity contribution in [1.82, 2.24) is 14.7 Å². The Morgan fingerprint density at radius 1 is 1.50 bits per heavy atom. The molecule has 3 nitrogen and oxygen atoms in total. The van der Waals surface area contributed by atoms with Crippen molar-refractivity contribution in [2.75, 3.05) is 12.3 Å².